The van der Waals surface area contributed by atoms with E-state index in [0.717, 1.165) is 81.2 Å². The van der Waals surface area contributed by atoms with Crippen molar-refractivity contribution in [2.75, 3.05) is 19.6 Å². The van der Waals surface area contributed by atoms with E-state index in [2.05, 4.69) is 33.9 Å². The van der Waals surface area contributed by atoms with Crippen molar-refractivity contribution in [1.82, 2.24) is 19.8 Å². The Morgan fingerprint density at radius 2 is 1.86 bits per heavy atom. The van der Waals surface area contributed by atoms with E-state index < -0.39 is 0 Å². The zero-order valence-corrected chi connectivity index (χ0v) is 17.7. The molecule has 2 aliphatic heterocycles. The van der Waals surface area contributed by atoms with Gasteiger partial charge in [0, 0.05) is 25.6 Å². The van der Waals surface area contributed by atoms with E-state index >= 15 is 0 Å². The largest absolute Gasteiger partial charge is 0.465 e. The highest BCUT2D eigenvalue weighted by molar-refractivity contribution is 5.77. The number of aryl methyl sites for hydroxylation is 2. The smallest absolute Gasteiger partial charge is 0.222 e. The summed E-state index contributed by atoms with van der Waals surface area (Å²) in [5.41, 5.74) is 2.03. The third-order valence-corrected chi connectivity index (χ3v) is 6.45. The molecule has 0 N–H and O–H groups in total. The van der Waals surface area contributed by atoms with Crippen molar-refractivity contribution < 1.29 is 9.21 Å². The maximum Gasteiger partial charge on any atom is 0.222 e. The number of rotatable bonds is 6. The second kappa shape index (κ2) is 8.66. The van der Waals surface area contributed by atoms with Crippen LogP contribution in [0.15, 0.2) is 28.9 Å². The Labute approximate surface area is 173 Å². The third kappa shape index (κ3) is 4.86. The maximum absolute atomic E-state index is 12.5. The first kappa shape index (κ1) is 20.1. The Morgan fingerprint density at radius 1 is 1.07 bits per heavy atom. The minimum Gasteiger partial charge on any atom is -0.465 e. The number of aromatic nitrogens is 2. The van der Waals surface area contributed by atoms with Crippen molar-refractivity contribution >= 4 is 5.91 Å². The van der Waals surface area contributed by atoms with Gasteiger partial charge in [-0.25, -0.2) is 0 Å². The zero-order valence-electron chi connectivity index (χ0n) is 17.7. The molecule has 2 fully saturated rings. The maximum atomic E-state index is 12.5. The summed E-state index contributed by atoms with van der Waals surface area (Å²) in [6.07, 6.45) is 9.63. The lowest BCUT2D eigenvalue weighted by Gasteiger charge is -2.47. The van der Waals surface area contributed by atoms with Crippen LogP contribution in [0, 0.1) is 12.3 Å². The standard InChI is InChI=1S/C23H32N4O2/c1-3-4-20-5-6-21(29-20)16-26-11-9-23(10-12-26)8-7-22(28)27(17-23)15-19-14-24-18(2)13-25-19/h5-6,13-14H,3-4,7-12,15-17H2,1-2H3. The molecule has 1 amide bonds. The molecule has 4 rings (SSSR count). The zero-order chi connectivity index (χ0) is 20.3. The molecule has 6 heteroatoms. The number of carbonyl (C=O) groups excluding carboxylic acids is 1. The van der Waals surface area contributed by atoms with Gasteiger partial charge in [0.25, 0.3) is 0 Å². The predicted octanol–water partition coefficient (Wildman–Crippen LogP) is 3.74. The molecule has 0 bridgehead atoms. The Morgan fingerprint density at radius 3 is 2.59 bits per heavy atom. The van der Waals surface area contributed by atoms with Gasteiger partial charge in [0.15, 0.2) is 0 Å². The van der Waals surface area contributed by atoms with Crippen molar-refractivity contribution in [3.63, 3.8) is 0 Å². The number of hydrogen-bond acceptors (Lipinski definition) is 5. The normalized spacial score (nSPS) is 19.8. The predicted molar refractivity (Wildman–Crippen MR) is 111 cm³/mol. The number of piperidine rings is 2. The van der Waals surface area contributed by atoms with Crippen LogP contribution in [0.3, 0.4) is 0 Å². The number of likely N-dealkylation sites (tertiary alicyclic amines) is 2. The van der Waals surface area contributed by atoms with Gasteiger partial charge in [-0.1, -0.05) is 6.92 Å². The molecule has 2 aromatic heterocycles. The van der Waals surface area contributed by atoms with Crippen LogP contribution in [0.1, 0.15) is 61.9 Å². The van der Waals surface area contributed by atoms with Gasteiger partial charge in [-0.2, -0.15) is 0 Å². The number of amides is 1. The fraction of sp³-hybridized carbons (Fsp3) is 0.609. The minimum absolute atomic E-state index is 0.249. The van der Waals surface area contributed by atoms with Crippen LogP contribution in [0.25, 0.3) is 0 Å². The summed E-state index contributed by atoms with van der Waals surface area (Å²) in [6.45, 7) is 8.55. The summed E-state index contributed by atoms with van der Waals surface area (Å²) in [7, 11) is 0. The first-order valence-electron chi connectivity index (χ1n) is 10.9. The summed E-state index contributed by atoms with van der Waals surface area (Å²) < 4.78 is 5.96. The molecule has 4 heterocycles. The van der Waals surface area contributed by atoms with Crippen molar-refractivity contribution in [3.8, 4) is 0 Å². The summed E-state index contributed by atoms with van der Waals surface area (Å²) >= 11 is 0. The van der Waals surface area contributed by atoms with Crippen molar-refractivity contribution in [2.24, 2.45) is 5.41 Å². The highest BCUT2D eigenvalue weighted by atomic mass is 16.3. The van der Waals surface area contributed by atoms with E-state index in [1.54, 1.807) is 12.4 Å². The van der Waals surface area contributed by atoms with Gasteiger partial charge >= 0.3 is 0 Å². The Kier molecular flexibility index (Phi) is 5.99. The quantitative estimate of drug-likeness (QED) is 0.744. The molecule has 0 aromatic carbocycles. The SMILES string of the molecule is CCCc1ccc(CN2CCC3(CCC(=O)N(Cc4cnc(C)cn4)C3)CC2)o1. The average molecular weight is 397 g/mol. The Balaban J connectivity index is 1.33. The highest BCUT2D eigenvalue weighted by Gasteiger charge is 2.41. The fourth-order valence-electron chi connectivity index (χ4n) is 4.64. The van der Waals surface area contributed by atoms with Gasteiger partial charge in [0.2, 0.25) is 5.91 Å². The average Bonchev–Trinajstić information content (AvgIpc) is 3.16. The van der Waals surface area contributed by atoms with Crippen molar-refractivity contribution in [1.29, 1.82) is 0 Å². The summed E-state index contributed by atoms with van der Waals surface area (Å²) in [5, 5.41) is 0. The topological polar surface area (TPSA) is 62.5 Å². The number of nitrogens with zero attached hydrogens (tertiary/aromatic N) is 4. The van der Waals surface area contributed by atoms with Crippen molar-refractivity contribution in [3.05, 3.63) is 47.4 Å². The highest BCUT2D eigenvalue weighted by Crippen LogP contribution is 2.40. The summed E-state index contributed by atoms with van der Waals surface area (Å²) in [4.78, 5) is 25.8. The van der Waals surface area contributed by atoms with Crippen LogP contribution >= 0.6 is 0 Å². The van der Waals surface area contributed by atoms with E-state index in [-0.39, 0.29) is 11.3 Å². The Bertz CT molecular complexity index is 822. The molecule has 2 saturated heterocycles. The van der Waals surface area contributed by atoms with Gasteiger partial charge < -0.3 is 9.32 Å². The van der Waals surface area contributed by atoms with Crippen molar-refractivity contribution in [2.45, 2.75) is 65.5 Å². The van der Waals surface area contributed by atoms with E-state index in [1.807, 2.05) is 11.8 Å². The number of carbonyl (C=O) groups is 1. The molecular weight excluding hydrogens is 364 g/mol. The number of furan rings is 1. The molecule has 2 aliphatic rings. The molecule has 0 unspecified atom stereocenters. The van der Waals surface area contributed by atoms with E-state index in [0.29, 0.717) is 13.0 Å². The van der Waals surface area contributed by atoms with Crippen LogP contribution in [0.5, 0.6) is 0 Å². The lowest BCUT2D eigenvalue weighted by molar-refractivity contribution is -0.140. The first-order valence-corrected chi connectivity index (χ1v) is 10.9. The molecule has 156 valence electrons. The van der Waals surface area contributed by atoms with Crippen LogP contribution in [-0.2, 0) is 24.3 Å². The third-order valence-electron chi connectivity index (χ3n) is 6.45. The fourth-order valence-corrected chi connectivity index (χ4v) is 4.64. The van der Waals surface area contributed by atoms with E-state index in [4.69, 9.17) is 4.42 Å². The van der Waals surface area contributed by atoms with Gasteiger partial charge in [0.05, 0.1) is 30.7 Å². The molecule has 2 aromatic rings. The van der Waals surface area contributed by atoms with E-state index in [9.17, 15) is 4.79 Å². The summed E-state index contributed by atoms with van der Waals surface area (Å²) in [5.74, 6) is 2.42. The van der Waals surface area contributed by atoms with Crippen LogP contribution < -0.4 is 0 Å². The van der Waals surface area contributed by atoms with Gasteiger partial charge in [-0.3, -0.25) is 19.7 Å². The van der Waals surface area contributed by atoms with Crippen LogP contribution in [-0.4, -0.2) is 45.3 Å². The Hall–Kier alpha value is -2.21. The van der Waals surface area contributed by atoms with Gasteiger partial charge in [-0.05, 0) is 63.2 Å². The molecule has 0 saturated carbocycles. The van der Waals surface area contributed by atoms with E-state index in [1.165, 1.54) is 0 Å². The number of hydrogen-bond donors (Lipinski definition) is 0. The second-order valence-corrected chi connectivity index (χ2v) is 8.79. The van der Waals surface area contributed by atoms with Gasteiger partial charge in [-0.15, -0.1) is 0 Å². The minimum atomic E-state index is 0.249. The molecular formula is C23H32N4O2. The molecule has 29 heavy (non-hydrogen) atoms. The molecule has 6 nitrogen and oxygen atoms in total. The van der Waals surface area contributed by atoms with Crippen LogP contribution in [0.2, 0.25) is 0 Å². The lowest BCUT2D eigenvalue weighted by Crippen LogP contribution is -2.51. The second-order valence-electron chi connectivity index (χ2n) is 8.79. The van der Waals surface area contributed by atoms with Crippen LogP contribution in [0.4, 0.5) is 0 Å². The lowest BCUT2D eigenvalue weighted by atomic mass is 9.72. The summed E-state index contributed by atoms with van der Waals surface area (Å²) in [6, 6.07) is 4.24. The molecule has 1 spiro atoms. The monoisotopic (exact) mass is 396 g/mol. The molecule has 0 radical (unpaired) electrons. The van der Waals surface area contributed by atoms with Gasteiger partial charge in [0.1, 0.15) is 11.5 Å². The molecule has 0 atom stereocenters. The first-order chi connectivity index (χ1) is 14.0. The molecule has 0 aliphatic carbocycles.